The van der Waals surface area contributed by atoms with Gasteiger partial charge in [-0.05, 0) is 31.2 Å². The van der Waals surface area contributed by atoms with Gasteiger partial charge in [0.25, 0.3) is 0 Å². The van der Waals surface area contributed by atoms with Crippen LogP contribution in [0.3, 0.4) is 0 Å². The number of hydrogen-bond donors (Lipinski definition) is 0. The van der Waals surface area contributed by atoms with Gasteiger partial charge < -0.3 is 4.74 Å². The molecule has 0 spiro atoms. The van der Waals surface area contributed by atoms with Crippen molar-refractivity contribution < 1.29 is 28.9 Å². The highest BCUT2D eigenvalue weighted by atomic mass is 17.2. The molecular formula is C18H18O6. The predicted octanol–water partition coefficient (Wildman–Crippen LogP) is 3.18. The van der Waals surface area contributed by atoms with Crippen LogP contribution in [0.5, 0.6) is 0 Å². The van der Waals surface area contributed by atoms with Crippen LogP contribution in [0.2, 0.25) is 0 Å². The average Bonchev–Trinajstić information content (AvgIpc) is 2.61. The molecule has 0 saturated heterocycles. The Balaban J connectivity index is 0.000000413. The standard InChI is InChI=1S/C14H10O4.C4H8O2/c15-13(11-7-3-1-4-8-11)17-18-14(16)12-9-5-2-6-10-12;1-3-6-4(2)5/h1-10H;3H2,1-2H3. The number of carbonyl (C=O) groups is 3. The molecule has 0 bridgehead atoms. The van der Waals surface area contributed by atoms with Gasteiger partial charge in [0.1, 0.15) is 0 Å². The Kier molecular flexibility index (Phi) is 8.31. The third kappa shape index (κ3) is 7.22. The molecule has 2 aromatic carbocycles. The van der Waals surface area contributed by atoms with Gasteiger partial charge >= 0.3 is 17.9 Å². The van der Waals surface area contributed by atoms with Crippen molar-refractivity contribution in [3.05, 3.63) is 71.8 Å². The molecule has 0 N–H and O–H groups in total. The Bertz CT molecular complexity index is 600. The molecule has 0 unspecified atom stereocenters. The van der Waals surface area contributed by atoms with Gasteiger partial charge in [-0.2, -0.15) is 0 Å². The molecular weight excluding hydrogens is 312 g/mol. The van der Waals surface area contributed by atoms with Gasteiger partial charge in [-0.25, -0.2) is 19.4 Å². The third-order valence-corrected chi connectivity index (χ3v) is 2.56. The minimum atomic E-state index is -0.708. The Morgan fingerprint density at radius 1 is 0.750 bits per heavy atom. The van der Waals surface area contributed by atoms with E-state index >= 15 is 0 Å². The van der Waals surface area contributed by atoms with Crippen LogP contribution in [-0.4, -0.2) is 24.5 Å². The SMILES string of the molecule is CCOC(C)=O.O=C(OOC(=O)c1ccccc1)c1ccccc1. The van der Waals surface area contributed by atoms with Crippen LogP contribution in [0.25, 0.3) is 0 Å². The lowest BCUT2D eigenvalue weighted by atomic mass is 10.2. The molecule has 0 saturated carbocycles. The molecule has 0 amide bonds. The fraction of sp³-hybridized carbons (Fsp3) is 0.167. The van der Waals surface area contributed by atoms with Gasteiger partial charge in [0, 0.05) is 6.92 Å². The van der Waals surface area contributed by atoms with Crippen molar-refractivity contribution in [2.24, 2.45) is 0 Å². The topological polar surface area (TPSA) is 78.9 Å². The summed E-state index contributed by atoms with van der Waals surface area (Å²) in [5.74, 6) is -1.63. The molecule has 126 valence electrons. The highest BCUT2D eigenvalue weighted by molar-refractivity contribution is 5.92. The first-order valence-corrected chi connectivity index (χ1v) is 7.21. The number of carbonyl (C=O) groups excluding carboxylic acids is 3. The second kappa shape index (κ2) is 10.6. The van der Waals surface area contributed by atoms with Crippen molar-refractivity contribution in [1.82, 2.24) is 0 Å². The number of benzene rings is 2. The van der Waals surface area contributed by atoms with Crippen LogP contribution in [0.1, 0.15) is 34.6 Å². The summed E-state index contributed by atoms with van der Waals surface area (Å²) in [6, 6.07) is 16.6. The maximum atomic E-state index is 11.5. The lowest BCUT2D eigenvalue weighted by Gasteiger charge is -2.02. The van der Waals surface area contributed by atoms with E-state index in [0.29, 0.717) is 17.7 Å². The minimum absolute atomic E-state index is 0.211. The number of rotatable bonds is 3. The van der Waals surface area contributed by atoms with Crippen molar-refractivity contribution in [2.45, 2.75) is 13.8 Å². The van der Waals surface area contributed by atoms with Crippen LogP contribution in [0.4, 0.5) is 0 Å². The van der Waals surface area contributed by atoms with Gasteiger partial charge in [0.15, 0.2) is 0 Å². The summed E-state index contributed by atoms with van der Waals surface area (Å²) >= 11 is 0. The summed E-state index contributed by atoms with van der Waals surface area (Å²) in [4.78, 5) is 41.7. The largest absolute Gasteiger partial charge is 0.466 e. The number of esters is 1. The predicted molar refractivity (Wildman–Crippen MR) is 86.0 cm³/mol. The monoisotopic (exact) mass is 330 g/mol. The molecule has 0 aliphatic heterocycles. The summed E-state index contributed by atoms with van der Waals surface area (Å²) < 4.78 is 4.40. The first kappa shape index (κ1) is 18.9. The van der Waals surface area contributed by atoms with E-state index in [-0.39, 0.29) is 5.97 Å². The van der Waals surface area contributed by atoms with E-state index in [9.17, 15) is 14.4 Å². The molecule has 2 rings (SSSR count). The van der Waals surface area contributed by atoms with Gasteiger partial charge in [0.2, 0.25) is 0 Å². The van der Waals surface area contributed by atoms with Crippen molar-refractivity contribution >= 4 is 17.9 Å². The maximum absolute atomic E-state index is 11.5. The van der Waals surface area contributed by atoms with E-state index in [1.807, 2.05) is 0 Å². The molecule has 6 heteroatoms. The van der Waals surface area contributed by atoms with Crippen LogP contribution < -0.4 is 0 Å². The minimum Gasteiger partial charge on any atom is -0.466 e. The maximum Gasteiger partial charge on any atom is 0.386 e. The van der Waals surface area contributed by atoms with Gasteiger partial charge in [-0.1, -0.05) is 36.4 Å². The van der Waals surface area contributed by atoms with Gasteiger partial charge in [-0.15, -0.1) is 0 Å². The zero-order chi connectivity index (χ0) is 17.8. The lowest BCUT2D eigenvalue weighted by molar-refractivity contribution is -0.187. The van der Waals surface area contributed by atoms with E-state index in [1.165, 1.54) is 6.92 Å². The van der Waals surface area contributed by atoms with Crippen LogP contribution in [-0.2, 0) is 19.3 Å². The van der Waals surface area contributed by atoms with E-state index < -0.39 is 11.9 Å². The fourth-order valence-corrected chi connectivity index (χ4v) is 1.52. The number of hydrogen-bond acceptors (Lipinski definition) is 6. The van der Waals surface area contributed by atoms with Gasteiger partial charge in [0.05, 0.1) is 17.7 Å². The highest BCUT2D eigenvalue weighted by Crippen LogP contribution is 2.05. The zero-order valence-corrected chi connectivity index (χ0v) is 13.4. The summed E-state index contributed by atoms with van der Waals surface area (Å²) in [7, 11) is 0. The van der Waals surface area contributed by atoms with Crippen LogP contribution in [0, 0.1) is 0 Å². The Morgan fingerprint density at radius 2 is 1.12 bits per heavy atom. The molecule has 0 atom stereocenters. The normalized spacial score (nSPS) is 9.08. The van der Waals surface area contributed by atoms with E-state index in [1.54, 1.807) is 67.6 Å². The Morgan fingerprint density at radius 3 is 1.38 bits per heavy atom. The van der Waals surface area contributed by atoms with Crippen molar-refractivity contribution in [1.29, 1.82) is 0 Å². The molecule has 6 nitrogen and oxygen atoms in total. The first-order valence-electron chi connectivity index (χ1n) is 7.21. The zero-order valence-electron chi connectivity index (χ0n) is 13.4. The fourth-order valence-electron chi connectivity index (χ4n) is 1.52. The van der Waals surface area contributed by atoms with Crippen molar-refractivity contribution in [2.75, 3.05) is 6.61 Å². The molecule has 0 fully saturated rings. The number of ether oxygens (including phenoxy) is 1. The second-order valence-electron chi connectivity index (χ2n) is 4.40. The summed E-state index contributed by atoms with van der Waals surface area (Å²) in [5, 5.41) is 0. The molecule has 0 radical (unpaired) electrons. The average molecular weight is 330 g/mol. The van der Waals surface area contributed by atoms with Crippen LogP contribution in [0.15, 0.2) is 60.7 Å². The summed E-state index contributed by atoms with van der Waals surface area (Å²) in [6.45, 7) is 3.65. The molecule has 0 aromatic heterocycles. The lowest BCUT2D eigenvalue weighted by Crippen LogP contribution is -2.11. The molecule has 0 heterocycles. The third-order valence-electron chi connectivity index (χ3n) is 2.56. The van der Waals surface area contributed by atoms with E-state index in [0.717, 1.165) is 0 Å². The van der Waals surface area contributed by atoms with E-state index in [4.69, 9.17) is 0 Å². The molecule has 0 aliphatic rings. The second-order valence-corrected chi connectivity index (χ2v) is 4.40. The van der Waals surface area contributed by atoms with Crippen molar-refractivity contribution in [3.63, 3.8) is 0 Å². The van der Waals surface area contributed by atoms with Gasteiger partial charge in [-0.3, -0.25) is 4.79 Å². The Labute approximate surface area is 139 Å². The van der Waals surface area contributed by atoms with Crippen LogP contribution >= 0.6 is 0 Å². The van der Waals surface area contributed by atoms with Crippen molar-refractivity contribution in [3.8, 4) is 0 Å². The summed E-state index contributed by atoms with van der Waals surface area (Å²) in [6.07, 6.45) is 0. The molecule has 2 aromatic rings. The Hall–Kier alpha value is -3.15. The quantitative estimate of drug-likeness (QED) is 0.488. The summed E-state index contributed by atoms with van der Waals surface area (Å²) in [5.41, 5.74) is 0.636. The molecule has 24 heavy (non-hydrogen) atoms. The smallest absolute Gasteiger partial charge is 0.386 e. The highest BCUT2D eigenvalue weighted by Gasteiger charge is 2.12. The van der Waals surface area contributed by atoms with E-state index in [2.05, 4.69) is 14.5 Å². The molecule has 0 aliphatic carbocycles. The first-order chi connectivity index (χ1) is 11.5.